The number of hydrogen-bond acceptors (Lipinski definition) is 6. The van der Waals surface area contributed by atoms with Crippen molar-refractivity contribution in [2.45, 2.75) is 19.6 Å². The number of para-hydroxylation sites is 1. The highest BCUT2D eigenvalue weighted by Gasteiger charge is 2.35. The van der Waals surface area contributed by atoms with E-state index in [-0.39, 0.29) is 12.2 Å². The first-order valence-corrected chi connectivity index (χ1v) is 15.4. The quantitative estimate of drug-likeness (QED) is 0.186. The van der Waals surface area contributed by atoms with Crippen LogP contribution in [-0.2, 0) is 16.1 Å². The molecule has 1 aromatic heterocycles. The molecule has 0 aliphatic carbocycles. The lowest BCUT2D eigenvalue weighted by atomic mass is 9.93. The Morgan fingerprint density at radius 1 is 0.930 bits per heavy atom. The minimum atomic E-state index is -0.710. The largest absolute Gasteiger partial charge is 0.488 e. The van der Waals surface area contributed by atoms with Crippen molar-refractivity contribution < 1.29 is 14.3 Å². The summed E-state index contributed by atoms with van der Waals surface area (Å²) in [4.78, 5) is 33.1. The molecular formula is C35H27BrN2O4S. The van der Waals surface area contributed by atoms with Crippen molar-refractivity contribution in [1.29, 1.82) is 0 Å². The molecule has 4 aromatic carbocycles. The second-order valence-corrected chi connectivity index (χ2v) is 11.7. The Labute approximate surface area is 261 Å². The van der Waals surface area contributed by atoms with Crippen LogP contribution >= 0.6 is 27.3 Å². The molecule has 5 aromatic rings. The molecule has 0 saturated carbocycles. The summed E-state index contributed by atoms with van der Waals surface area (Å²) >= 11 is 4.75. The molecule has 0 bridgehead atoms. The lowest BCUT2D eigenvalue weighted by Crippen LogP contribution is -2.40. The third kappa shape index (κ3) is 6.02. The summed E-state index contributed by atoms with van der Waals surface area (Å²) in [5.41, 5.74) is 3.95. The molecule has 2 heterocycles. The number of fused-ring (bicyclic) bond motifs is 1. The minimum absolute atomic E-state index is 0.202. The average Bonchev–Trinajstić information content (AvgIpc) is 3.35. The van der Waals surface area contributed by atoms with Crippen LogP contribution in [0.15, 0.2) is 129 Å². The number of ether oxygens (including phenoxy) is 2. The van der Waals surface area contributed by atoms with E-state index in [1.165, 1.54) is 11.3 Å². The summed E-state index contributed by atoms with van der Waals surface area (Å²) in [5.74, 6) is 0.160. The molecule has 1 aliphatic rings. The van der Waals surface area contributed by atoms with E-state index in [0.29, 0.717) is 33.0 Å². The molecule has 0 amide bonds. The molecule has 0 N–H and O–H groups in total. The van der Waals surface area contributed by atoms with Gasteiger partial charge in [0.2, 0.25) is 0 Å². The zero-order valence-corrected chi connectivity index (χ0v) is 25.7. The van der Waals surface area contributed by atoms with Crippen LogP contribution < -0.4 is 19.6 Å². The van der Waals surface area contributed by atoms with Gasteiger partial charge in [0, 0.05) is 15.6 Å². The maximum absolute atomic E-state index is 14.2. The molecule has 8 heteroatoms. The van der Waals surface area contributed by atoms with E-state index < -0.39 is 12.0 Å². The fourth-order valence-electron chi connectivity index (χ4n) is 5.01. The van der Waals surface area contributed by atoms with Gasteiger partial charge < -0.3 is 9.47 Å². The van der Waals surface area contributed by atoms with Crippen molar-refractivity contribution in [3.8, 4) is 5.75 Å². The summed E-state index contributed by atoms with van der Waals surface area (Å²) in [6.45, 7) is 2.35. The van der Waals surface area contributed by atoms with Crippen LogP contribution in [0, 0.1) is 0 Å². The first-order valence-electron chi connectivity index (χ1n) is 13.8. The minimum Gasteiger partial charge on any atom is -0.488 e. The van der Waals surface area contributed by atoms with Crippen molar-refractivity contribution >= 4 is 45.0 Å². The number of benzene rings is 4. The smallest absolute Gasteiger partial charge is 0.338 e. The molecule has 0 unspecified atom stereocenters. The van der Waals surface area contributed by atoms with E-state index in [2.05, 4.69) is 15.9 Å². The Balaban J connectivity index is 1.51. The van der Waals surface area contributed by atoms with Crippen molar-refractivity contribution in [3.05, 3.63) is 161 Å². The molecule has 0 spiro atoms. The van der Waals surface area contributed by atoms with E-state index in [4.69, 9.17) is 14.5 Å². The zero-order valence-electron chi connectivity index (χ0n) is 23.3. The Bertz CT molecular complexity index is 1980. The molecule has 0 fully saturated rings. The number of esters is 1. The topological polar surface area (TPSA) is 69.9 Å². The number of aromatic nitrogens is 1. The Hall–Kier alpha value is -4.53. The Morgan fingerprint density at radius 3 is 2.33 bits per heavy atom. The van der Waals surface area contributed by atoms with Gasteiger partial charge in [-0.2, -0.15) is 0 Å². The second-order valence-electron chi connectivity index (χ2n) is 9.80. The van der Waals surface area contributed by atoms with Gasteiger partial charge in [0.25, 0.3) is 5.56 Å². The lowest BCUT2D eigenvalue weighted by Gasteiger charge is -2.25. The van der Waals surface area contributed by atoms with Crippen molar-refractivity contribution in [2.24, 2.45) is 4.99 Å². The number of thiazole rings is 1. The molecule has 6 nitrogen and oxygen atoms in total. The van der Waals surface area contributed by atoms with Crippen LogP contribution in [0.2, 0.25) is 0 Å². The van der Waals surface area contributed by atoms with Gasteiger partial charge in [0.1, 0.15) is 12.4 Å². The molecule has 0 saturated heterocycles. The van der Waals surface area contributed by atoms with Crippen LogP contribution in [0.5, 0.6) is 5.75 Å². The molecule has 6 rings (SSSR count). The highest BCUT2D eigenvalue weighted by Crippen LogP contribution is 2.35. The summed E-state index contributed by atoms with van der Waals surface area (Å²) in [7, 11) is 0. The fourth-order valence-corrected chi connectivity index (χ4v) is 6.26. The molecule has 1 atom stereocenters. The van der Waals surface area contributed by atoms with Crippen molar-refractivity contribution in [3.63, 3.8) is 0 Å². The molecule has 0 radical (unpaired) electrons. The number of nitrogens with zero attached hydrogens (tertiary/aromatic N) is 2. The van der Waals surface area contributed by atoms with Crippen LogP contribution in [-0.4, -0.2) is 17.1 Å². The summed E-state index contributed by atoms with van der Waals surface area (Å²) < 4.78 is 14.8. The molecule has 43 heavy (non-hydrogen) atoms. The van der Waals surface area contributed by atoms with Crippen LogP contribution in [0.25, 0.3) is 11.8 Å². The fraction of sp³-hybridized carbons (Fsp3) is 0.114. The predicted octanol–water partition coefficient (Wildman–Crippen LogP) is 6.28. The Kier molecular flexibility index (Phi) is 8.49. The van der Waals surface area contributed by atoms with E-state index in [0.717, 1.165) is 26.7 Å². The lowest BCUT2D eigenvalue weighted by molar-refractivity contribution is -0.138. The number of carbonyl (C=O) groups excluding carboxylic acids is 1. The maximum Gasteiger partial charge on any atom is 0.338 e. The highest BCUT2D eigenvalue weighted by atomic mass is 79.9. The van der Waals surface area contributed by atoms with Gasteiger partial charge in [-0.15, -0.1) is 0 Å². The van der Waals surface area contributed by atoms with Gasteiger partial charge in [0.05, 0.1) is 28.5 Å². The molecule has 1 aliphatic heterocycles. The molecule has 214 valence electrons. The third-order valence-electron chi connectivity index (χ3n) is 7.00. The van der Waals surface area contributed by atoms with Gasteiger partial charge >= 0.3 is 5.97 Å². The Morgan fingerprint density at radius 2 is 1.60 bits per heavy atom. The predicted molar refractivity (Wildman–Crippen MR) is 172 cm³/mol. The van der Waals surface area contributed by atoms with Crippen LogP contribution in [0.4, 0.5) is 0 Å². The summed E-state index contributed by atoms with van der Waals surface area (Å²) in [6, 6.07) is 33.9. The number of carbonyl (C=O) groups is 1. The zero-order chi connectivity index (χ0) is 29.8. The first-order chi connectivity index (χ1) is 21.0. The third-order valence-corrected chi connectivity index (χ3v) is 8.51. The van der Waals surface area contributed by atoms with E-state index in [1.807, 2.05) is 115 Å². The van der Waals surface area contributed by atoms with Gasteiger partial charge in [-0.1, -0.05) is 118 Å². The van der Waals surface area contributed by atoms with E-state index in [1.54, 1.807) is 11.5 Å². The van der Waals surface area contributed by atoms with Crippen LogP contribution in [0.1, 0.15) is 35.2 Å². The summed E-state index contributed by atoms with van der Waals surface area (Å²) in [5, 5.41) is 0. The van der Waals surface area contributed by atoms with Gasteiger partial charge in [-0.05, 0) is 42.3 Å². The SMILES string of the molecule is CCOC(=O)C1=C(c2ccccc2)N=c2s/c(=C\c3ccccc3OCc3ccc(Br)cc3)c(=O)n2[C@@H]1c1ccccc1. The van der Waals surface area contributed by atoms with E-state index >= 15 is 0 Å². The summed E-state index contributed by atoms with van der Waals surface area (Å²) in [6.07, 6.45) is 1.83. The number of hydrogen-bond donors (Lipinski definition) is 0. The standard InChI is InChI=1S/C35H27BrN2O4S/c1-2-41-34(40)30-31(24-11-5-3-6-12-24)37-35-38(32(30)25-13-7-4-8-14-25)33(39)29(43-35)21-26-15-9-10-16-28(26)42-22-23-17-19-27(36)20-18-23/h3-21,32H,2,22H2,1H3/b29-21-/t32-/m1/s1. The number of rotatable bonds is 8. The highest BCUT2D eigenvalue weighted by molar-refractivity contribution is 9.10. The normalized spacial score (nSPS) is 14.7. The molecular weight excluding hydrogens is 624 g/mol. The monoisotopic (exact) mass is 650 g/mol. The maximum atomic E-state index is 14.2. The van der Waals surface area contributed by atoms with Crippen LogP contribution in [0.3, 0.4) is 0 Å². The van der Waals surface area contributed by atoms with Crippen molar-refractivity contribution in [2.75, 3.05) is 6.61 Å². The average molecular weight is 652 g/mol. The first kappa shape index (κ1) is 28.6. The van der Waals surface area contributed by atoms with E-state index in [9.17, 15) is 9.59 Å². The van der Waals surface area contributed by atoms with Gasteiger partial charge in [0.15, 0.2) is 4.80 Å². The second kappa shape index (κ2) is 12.8. The van der Waals surface area contributed by atoms with Crippen molar-refractivity contribution in [1.82, 2.24) is 4.57 Å². The van der Waals surface area contributed by atoms with Gasteiger partial charge in [-0.3, -0.25) is 9.36 Å². The number of halogens is 1. The van der Waals surface area contributed by atoms with Gasteiger partial charge in [-0.25, -0.2) is 9.79 Å².